The first kappa shape index (κ1) is 8.07. The van der Waals surface area contributed by atoms with Gasteiger partial charge in [-0.1, -0.05) is 6.08 Å². The molecule has 0 aromatic carbocycles. The molecule has 62 valence electrons. The number of carbonyl (C=O) groups is 1. The lowest BCUT2D eigenvalue weighted by molar-refractivity contribution is 0.0440. The van der Waals surface area contributed by atoms with Crippen LogP contribution in [-0.2, 0) is 9.47 Å². The molecule has 11 heavy (non-hydrogen) atoms. The Kier molecular flexibility index (Phi) is 2.48. The monoisotopic (exact) mass is 158 g/mol. The van der Waals surface area contributed by atoms with Crippen LogP contribution in [0.25, 0.3) is 0 Å². The number of rotatable bonds is 1. The van der Waals surface area contributed by atoms with Gasteiger partial charge in [0, 0.05) is 6.42 Å². The van der Waals surface area contributed by atoms with Crippen LogP contribution in [0.15, 0.2) is 12.2 Å². The average molecular weight is 158 g/mol. The van der Waals surface area contributed by atoms with Crippen molar-refractivity contribution < 1.29 is 19.4 Å². The lowest BCUT2D eigenvalue weighted by atomic mass is 10.3. The van der Waals surface area contributed by atoms with Crippen molar-refractivity contribution in [3.05, 3.63) is 12.2 Å². The first-order valence-electron chi connectivity index (χ1n) is 3.33. The topological polar surface area (TPSA) is 55.8 Å². The molecular weight excluding hydrogens is 148 g/mol. The van der Waals surface area contributed by atoms with Crippen LogP contribution in [0, 0.1) is 0 Å². The quantitative estimate of drug-likeness (QED) is 0.445. The number of methoxy groups -OCH3 is 1. The molecule has 1 N–H and O–H groups in total. The summed E-state index contributed by atoms with van der Waals surface area (Å²) in [5, 5.41) is 8.97. The Bertz CT molecular complexity index is 175. The molecule has 0 aliphatic heterocycles. The average Bonchev–Trinajstić information content (AvgIpc) is 2.35. The maximum atomic E-state index is 10.5. The maximum absolute atomic E-state index is 10.5. The molecule has 4 heteroatoms. The first-order chi connectivity index (χ1) is 5.22. The van der Waals surface area contributed by atoms with Gasteiger partial charge in [-0.25, -0.2) is 4.79 Å². The molecule has 2 unspecified atom stereocenters. The Balaban J connectivity index is 2.29. The number of aliphatic hydroxyl groups excluding tert-OH is 1. The zero-order valence-corrected chi connectivity index (χ0v) is 6.19. The van der Waals surface area contributed by atoms with Gasteiger partial charge in [0.25, 0.3) is 0 Å². The van der Waals surface area contributed by atoms with Crippen LogP contribution in [0.1, 0.15) is 6.42 Å². The predicted octanol–water partition coefficient (Wildman–Crippen LogP) is 0.459. The fourth-order valence-corrected chi connectivity index (χ4v) is 0.906. The molecule has 0 bridgehead atoms. The zero-order chi connectivity index (χ0) is 8.27. The van der Waals surface area contributed by atoms with E-state index < -0.39 is 12.3 Å². The highest BCUT2D eigenvalue weighted by atomic mass is 16.7. The minimum Gasteiger partial charge on any atom is -0.438 e. The van der Waals surface area contributed by atoms with Gasteiger partial charge in [-0.05, 0) is 6.08 Å². The summed E-state index contributed by atoms with van der Waals surface area (Å²) in [6.45, 7) is 0. The summed E-state index contributed by atoms with van der Waals surface area (Å²) in [4.78, 5) is 10.5. The van der Waals surface area contributed by atoms with Gasteiger partial charge in [0.05, 0.1) is 13.2 Å². The number of hydrogen-bond donors (Lipinski definition) is 1. The summed E-state index contributed by atoms with van der Waals surface area (Å²) in [6.07, 6.45) is 2.11. The third-order valence-corrected chi connectivity index (χ3v) is 1.44. The van der Waals surface area contributed by atoms with Gasteiger partial charge < -0.3 is 14.6 Å². The number of aliphatic hydroxyl groups is 1. The summed E-state index contributed by atoms with van der Waals surface area (Å²) in [6, 6.07) is 0. The molecule has 0 aromatic heterocycles. The fourth-order valence-electron chi connectivity index (χ4n) is 0.906. The van der Waals surface area contributed by atoms with E-state index in [9.17, 15) is 4.79 Å². The van der Waals surface area contributed by atoms with E-state index >= 15 is 0 Å². The second-order valence-electron chi connectivity index (χ2n) is 2.30. The molecular formula is C7H10O4. The molecule has 0 amide bonds. The van der Waals surface area contributed by atoms with E-state index in [0.717, 1.165) is 0 Å². The Hall–Kier alpha value is -1.03. The fraction of sp³-hybridized carbons (Fsp3) is 0.571. The summed E-state index contributed by atoms with van der Waals surface area (Å²) in [5.74, 6) is 0. The summed E-state index contributed by atoms with van der Waals surface area (Å²) < 4.78 is 8.99. The molecule has 0 heterocycles. The number of ether oxygens (including phenoxy) is 2. The van der Waals surface area contributed by atoms with Crippen molar-refractivity contribution in [3.63, 3.8) is 0 Å². The van der Waals surface area contributed by atoms with E-state index in [1.807, 2.05) is 0 Å². The second kappa shape index (κ2) is 3.39. The standard InChI is InChI=1S/C7H10O4/c1-10-7(9)11-6-3-2-5(8)4-6/h2-3,5-6,8H,4H2,1H3. The van der Waals surface area contributed by atoms with Crippen molar-refractivity contribution in [2.24, 2.45) is 0 Å². The van der Waals surface area contributed by atoms with Gasteiger partial charge in [-0.15, -0.1) is 0 Å². The van der Waals surface area contributed by atoms with E-state index in [1.54, 1.807) is 12.2 Å². The first-order valence-corrected chi connectivity index (χ1v) is 3.33. The Labute approximate surface area is 64.4 Å². The SMILES string of the molecule is COC(=O)OC1C=CC(O)C1. The van der Waals surface area contributed by atoms with Crippen LogP contribution in [0.3, 0.4) is 0 Å². The van der Waals surface area contributed by atoms with E-state index in [4.69, 9.17) is 9.84 Å². The smallest absolute Gasteiger partial charge is 0.438 e. The zero-order valence-electron chi connectivity index (χ0n) is 6.19. The highest BCUT2D eigenvalue weighted by Crippen LogP contribution is 2.14. The molecule has 1 aliphatic rings. The van der Waals surface area contributed by atoms with Crippen molar-refractivity contribution in [1.29, 1.82) is 0 Å². The molecule has 0 saturated heterocycles. The highest BCUT2D eigenvalue weighted by Gasteiger charge is 2.20. The molecule has 2 atom stereocenters. The van der Waals surface area contributed by atoms with Crippen molar-refractivity contribution in [3.8, 4) is 0 Å². The van der Waals surface area contributed by atoms with Crippen molar-refractivity contribution in [1.82, 2.24) is 0 Å². The summed E-state index contributed by atoms with van der Waals surface area (Å²) >= 11 is 0. The highest BCUT2D eigenvalue weighted by molar-refractivity contribution is 5.60. The lowest BCUT2D eigenvalue weighted by Crippen LogP contribution is -2.16. The van der Waals surface area contributed by atoms with Crippen molar-refractivity contribution in [2.45, 2.75) is 18.6 Å². The van der Waals surface area contributed by atoms with E-state index in [0.29, 0.717) is 6.42 Å². The van der Waals surface area contributed by atoms with Crippen molar-refractivity contribution in [2.75, 3.05) is 7.11 Å². The van der Waals surface area contributed by atoms with Gasteiger partial charge in [0.15, 0.2) is 0 Å². The maximum Gasteiger partial charge on any atom is 0.508 e. The van der Waals surface area contributed by atoms with Crippen molar-refractivity contribution >= 4 is 6.16 Å². The van der Waals surface area contributed by atoms with E-state index in [2.05, 4.69) is 4.74 Å². The third kappa shape index (κ3) is 2.23. The van der Waals surface area contributed by atoms with Gasteiger partial charge >= 0.3 is 6.16 Å². The minimum absolute atomic E-state index is 0.336. The molecule has 4 nitrogen and oxygen atoms in total. The van der Waals surface area contributed by atoms with Crippen LogP contribution in [0.2, 0.25) is 0 Å². The van der Waals surface area contributed by atoms with Crippen LogP contribution in [0.4, 0.5) is 4.79 Å². The molecule has 0 radical (unpaired) electrons. The van der Waals surface area contributed by atoms with Crippen LogP contribution in [-0.4, -0.2) is 30.6 Å². The molecule has 0 saturated carbocycles. The van der Waals surface area contributed by atoms with E-state index in [-0.39, 0.29) is 6.10 Å². The largest absolute Gasteiger partial charge is 0.508 e. The summed E-state index contributed by atoms with van der Waals surface area (Å²) in [5.41, 5.74) is 0. The second-order valence-corrected chi connectivity index (χ2v) is 2.30. The van der Waals surface area contributed by atoms with Crippen LogP contribution >= 0.6 is 0 Å². The van der Waals surface area contributed by atoms with E-state index in [1.165, 1.54) is 7.11 Å². The summed E-state index contributed by atoms with van der Waals surface area (Å²) in [7, 11) is 1.25. The number of hydrogen-bond acceptors (Lipinski definition) is 4. The predicted molar refractivity (Wildman–Crippen MR) is 37.0 cm³/mol. The van der Waals surface area contributed by atoms with Gasteiger partial charge in [-0.3, -0.25) is 0 Å². The molecule has 1 aliphatic carbocycles. The molecule has 0 fully saturated rings. The Morgan fingerprint density at radius 2 is 2.36 bits per heavy atom. The van der Waals surface area contributed by atoms with Crippen LogP contribution < -0.4 is 0 Å². The minimum atomic E-state index is -0.714. The van der Waals surface area contributed by atoms with Gasteiger partial charge in [-0.2, -0.15) is 0 Å². The normalized spacial score (nSPS) is 28.5. The lowest BCUT2D eigenvalue weighted by Gasteiger charge is -2.08. The third-order valence-electron chi connectivity index (χ3n) is 1.44. The molecule has 1 rings (SSSR count). The number of carbonyl (C=O) groups excluding carboxylic acids is 1. The Morgan fingerprint density at radius 3 is 2.82 bits per heavy atom. The molecule has 0 aromatic rings. The van der Waals surface area contributed by atoms with Crippen LogP contribution in [0.5, 0.6) is 0 Å². The molecule has 0 spiro atoms. The Morgan fingerprint density at radius 1 is 1.64 bits per heavy atom. The van der Waals surface area contributed by atoms with Gasteiger partial charge in [0.2, 0.25) is 0 Å². The van der Waals surface area contributed by atoms with Gasteiger partial charge in [0.1, 0.15) is 6.10 Å².